The number of hydrogen-bond donors (Lipinski definition) is 2. The lowest BCUT2D eigenvalue weighted by atomic mass is 10.1. The van der Waals surface area contributed by atoms with Gasteiger partial charge in [0.25, 0.3) is 11.8 Å². The van der Waals surface area contributed by atoms with Gasteiger partial charge in [0.1, 0.15) is 5.69 Å². The van der Waals surface area contributed by atoms with Gasteiger partial charge < -0.3 is 10.6 Å². The molecule has 5 heteroatoms. The molecule has 1 heterocycles. The summed E-state index contributed by atoms with van der Waals surface area (Å²) in [7, 11) is 0. The van der Waals surface area contributed by atoms with Crippen LogP contribution in [0.25, 0.3) is 0 Å². The maximum atomic E-state index is 12.5. The number of aryl methyl sites for hydroxylation is 3. The number of hydrogen-bond acceptors (Lipinski definition) is 3. The van der Waals surface area contributed by atoms with E-state index in [2.05, 4.69) is 15.6 Å². The number of aromatic nitrogens is 1. The molecular weight excluding hydrogens is 350 g/mol. The lowest BCUT2D eigenvalue weighted by Crippen LogP contribution is -2.23. The van der Waals surface area contributed by atoms with Gasteiger partial charge in [0.05, 0.1) is 0 Å². The normalized spacial score (nSPS) is 10.4. The standard InChI is InChI=1S/C23H23N3O2/c1-15-5-4-6-18(12-15)14-25-22(27)19-9-10-24-21(13-19)23(28)26-20-8-7-16(2)11-17(20)3/h4-13H,14H2,1-3H3,(H,25,27)(H,26,28). The molecule has 0 radical (unpaired) electrons. The van der Waals surface area contributed by atoms with Gasteiger partial charge in [-0.3, -0.25) is 14.6 Å². The highest BCUT2D eigenvalue weighted by Gasteiger charge is 2.13. The predicted octanol–water partition coefficient (Wildman–Crippen LogP) is 4.19. The van der Waals surface area contributed by atoms with Gasteiger partial charge in [-0.2, -0.15) is 0 Å². The molecule has 0 fully saturated rings. The van der Waals surface area contributed by atoms with Crippen LogP contribution >= 0.6 is 0 Å². The Labute approximate surface area is 164 Å². The zero-order chi connectivity index (χ0) is 20.1. The summed E-state index contributed by atoms with van der Waals surface area (Å²) >= 11 is 0. The molecule has 1 aromatic heterocycles. The van der Waals surface area contributed by atoms with Crippen LogP contribution in [0.4, 0.5) is 5.69 Å². The van der Waals surface area contributed by atoms with E-state index in [1.54, 1.807) is 6.07 Å². The van der Waals surface area contributed by atoms with Gasteiger partial charge in [-0.25, -0.2) is 0 Å². The van der Waals surface area contributed by atoms with E-state index in [4.69, 9.17) is 0 Å². The smallest absolute Gasteiger partial charge is 0.274 e. The maximum Gasteiger partial charge on any atom is 0.274 e. The largest absolute Gasteiger partial charge is 0.348 e. The zero-order valence-corrected chi connectivity index (χ0v) is 16.2. The van der Waals surface area contributed by atoms with Crippen molar-refractivity contribution in [2.24, 2.45) is 0 Å². The van der Waals surface area contributed by atoms with Gasteiger partial charge in [0, 0.05) is 24.0 Å². The zero-order valence-electron chi connectivity index (χ0n) is 16.2. The number of benzene rings is 2. The molecular formula is C23H23N3O2. The van der Waals surface area contributed by atoms with Gasteiger partial charge in [0.2, 0.25) is 0 Å². The van der Waals surface area contributed by atoms with E-state index in [0.29, 0.717) is 12.1 Å². The molecule has 0 aliphatic carbocycles. The third kappa shape index (κ3) is 4.82. The number of anilines is 1. The van der Waals surface area contributed by atoms with Crippen LogP contribution in [-0.4, -0.2) is 16.8 Å². The van der Waals surface area contributed by atoms with Gasteiger partial charge in [0.15, 0.2) is 0 Å². The minimum absolute atomic E-state index is 0.197. The van der Waals surface area contributed by atoms with Crippen molar-refractivity contribution in [2.45, 2.75) is 27.3 Å². The highest BCUT2D eigenvalue weighted by molar-refractivity contribution is 6.05. The molecule has 142 valence electrons. The highest BCUT2D eigenvalue weighted by Crippen LogP contribution is 2.17. The van der Waals surface area contributed by atoms with Crippen molar-refractivity contribution in [3.63, 3.8) is 0 Å². The van der Waals surface area contributed by atoms with E-state index in [1.807, 2.05) is 63.2 Å². The van der Waals surface area contributed by atoms with Gasteiger partial charge in [-0.05, 0) is 50.1 Å². The molecule has 0 unspecified atom stereocenters. The van der Waals surface area contributed by atoms with E-state index in [-0.39, 0.29) is 17.5 Å². The molecule has 0 aliphatic heterocycles. The second-order valence-electron chi connectivity index (χ2n) is 6.87. The summed E-state index contributed by atoms with van der Waals surface area (Å²) in [5.41, 5.74) is 5.58. The summed E-state index contributed by atoms with van der Waals surface area (Å²) in [4.78, 5) is 29.1. The van der Waals surface area contributed by atoms with Crippen LogP contribution in [0.2, 0.25) is 0 Å². The summed E-state index contributed by atoms with van der Waals surface area (Å²) < 4.78 is 0. The molecule has 28 heavy (non-hydrogen) atoms. The fraction of sp³-hybridized carbons (Fsp3) is 0.174. The van der Waals surface area contributed by atoms with Crippen LogP contribution in [0.15, 0.2) is 60.8 Å². The van der Waals surface area contributed by atoms with E-state index < -0.39 is 0 Å². The number of rotatable bonds is 5. The molecule has 0 saturated carbocycles. The molecule has 2 aromatic carbocycles. The first-order chi connectivity index (χ1) is 13.4. The van der Waals surface area contributed by atoms with Crippen LogP contribution in [-0.2, 0) is 6.54 Å². The van der Waals surface area contributed by atoms with Crippen LogP contribution < -0.4 is 10.6 Å². The Bertz CT molecular complexity index is 1030. The number of pyridine rings is 1. The molecule has 5 nitrogen and oxygen atoms in total. The molecule has 0 bridgehead atoms. The Kier molecular flexibility index (Phi) is 5.84. The van der Waals surface area contributed by atoms with E-state index in [1.165, 1.54) is 12.3 Å². The van der Waals surface area contributed by atoms with Crippen molar-refractivity contribution in [1.29, 1.82) is 0 Å². The molecule has 0 aliphatic rings. The fourth-order valence-corrected chi connectivity index (χ4v) is 2.94. The second-order valence-corrected chi connectivity index (χ2v) is 6.87. The minimum atomic E-state index is -0.347. The van der Waals surface area contributed by atoms with Crippen LogP contribution in [0.1, 0.15) is 43.1 Å². The number of nitrogens with zero attached hydrogens (tertiary/aromatic N) is 1. The van der Waals surface area contributed by atoms with E-state index >= 15 is 0 Å². The predicted molar refractivity (Wildman–Crippen MR) is 110 cm³/mol. The highest BCUT2D eigenvalue weighted by atomic mass is 16.2. The summed E-state index contributed by atoms with van der Waals surface area (Å²) in [5, 5.41) is 5.73. The molecule has 2 amide bonds. The molecule has 2 N–H and O–H groups in total. The minimum Gasteiger partial charge on any atom is -0.348 e. The Morgan fingerprint density at radius 2 is 1.68 bits per heavy atom. The lowest BCUT2D eigenvalue weighted by molar-refractivity contribution is 0.0950. The summed E-state index contributed by atoms with van der Waals surface area (Å²) in [5.74, 6) is -0.593. The Balaban J connectivity index is 1.68. The molecule has 3 rings (SSSR count). The summed E-state index contributed by atoms with van der Waals surface area (Å²) in [6.07, 6.45) is 1.47. The Morgan fingerprint density at radius 1 is 0.893 bits per heavy atom. The third-order valence-corrected chi connectivity index (χ3v) is 4.42. The molecule has 3 aromatic rings. The summed E-state index contributed by atoms with van der Waals surface area (Å²) in [6, 6.07) is 16.8. The van der Waals surface area contributed by atoms with Crippen LogP contribution in [0, 0.1) is 20.8 Å². The van der Waals surface area contributed by atoms with Crippen molar-refractivity contribution in [3.05, 3.63) is 94.3 Å². The first-order valence-corrected chi connectivity index (χ1v) is 9.11. The average molecular weight is 373 g/mol. The van der Waals surface area contributed by atoms with Crippen LogP contribution in [0.3, 0.4) is 0 Å². The second kappa shape index (κ2) is 8.48. The fourth-order valence-electron chi connectivity index (χ4n) is 2.94. The number of carbonyl (C=O) groups excluding carboxylic acids is 2. The van der Waals surface area contributed by atoms with Gasteiger partial charge in [-0.1, -0.05) is 47.5 Å². The molecule has 0 atom stereocenters. The van der Waals surface area contributed by atoms with Crippen molar-refractivity contribution in [1.82, 2.24) is 10.3 Å². The lowest BCUT2D eigenvalue weighted by Gasteiger charge is -2.10. The van der Waals surface area contributed by atoms with E-state index in [0.717, 1.165) is 27.9 Å². The number of nitrogens with one attached hydrogen (secondary N) is 2. The quantitative estimate of drug-likeness (QED) is 0.704. The monoisotopic (exact) mass is 373 g/mol. The van der Waals surface area contributed by atoms with Gasteiger partial charge >= 0.3 is 0 Å². The molecule has 0 spiro atoms. The van der Waals surface area contributed by atoms with Crippen LogP contribution in [0.5, 0.6) is 0 Å². The van der Waals surface area contributed by atoms with E-state index in [9.17, 15) is 9.59 Å². The van der Waals surface area contributed by atoms with Gasteiger partial charge in [-0.15, -0.1) is 0 Å². The Hall–Kier alpha value is -3.47. The average Bonchev–Trinajstić information content (AvgIpc) is 2.68. The first kappa shape index (κ1) is 19.3. The Morgan fingerprint density at radius 3 is 2.43 bits per heavy atom. The number of amides is 2. The van der Waals surface area contributed by atoms with Crippen molar-refractivity contribution >= 4 is 17.5 Å². The topological polar surface area (TPSA) is 71.1 Å². The van der Waals surface area contributed by atoms with Crippen molar-refractivity contribution in [2.75, 3.05) is 5.32 Å². The van der Waals surface area contributed by atoms with Crippen molar-refractivity contribution < 1.29 is 9.59 Å². The summed E-state index contributed by atoms with van der Waals surface area (Å²) in [6.45, 7) is 6.37. The number of carbonyl (C=O) groups is 2. The van der Waals surface area contributed by atoms with Crippen molar-refractivity contribution in [3.8, 4) is 0 Å². The third-order valence-electron chi connectivity index (χ3n) is 4.42. The molecule has 0 saturated heterocycles. The SMILES string of the molecule is Cc1cccc(CNC(=O)c2ccnc(C(=O)Nc3ccc(C)cc3C)c2)c1. The first-order valence-electron chi connectivity index (χ1n) is 9.11. The maximum absolute atomic E-state index is 12.5.